The van der Waals surface area contributed by atoms with Gasteiger partial charge in [0.05, 0.1) is 7.05 Å². The van der Waals surface area contributed by atoms with Crippen LogP contribution in [-0.2, 0) is 7.05 Å². The van der Waals surface area contributed by atoms with Crippen LogP contribution in [-0.4, -0.2) is 4.57 Å². The van der Waals surface area contributed by atoms with Crippen LogP contribution in [0.2, 0.25) is 0 Å². The highest BCUT2D eigenvalue weighted by atomic mass is 16.4. The van der Waals surface area contributed by atoms with Gasteiger partial charge in [-0.2, -0.15) is 4.57 Å². The summed E-state index contributed by atoms with van der Waals surface area (Å²) in [7, 11) is 2.18. The van der Waals surface area contributed by atoms with Crippen LogP contribution in [0.1, 0.15) is 56.2 Å². The standard InChI is InChI=1S/C45H37N2O3/c1-24(2)32-23-33-31-22-21-30-28-14-8-12-18-37(28)49-43(30)44(31)50-42(33)38(25(3)4)40(32)47-35-16-10-9-15-34(35)46(6)45(47)39-26(5)19-20-29-27-13-7-11-17-36(27)48-41(29)39/h7-25H,1-6H3/q+1. The fraction of sp³-hybridized carbons (Fsp3) is 0.178. The Bertz CT molecular complexity index is 3020. The molecule has 5 heteroatoms. The molecule has 0 spiro atoms. The fourth-order valence-corrected chi connectivity index (χ4v) is 8.40. The maximum Gasteiger partial charge on any atom is 0.299 e. The number of nitrogens with zero attached hydrogens (tertiary/aromatic N) is 2. The van der Waals surface area contributed by atoms with E-state index in [9.17, 15) is 0 Å². The summed E-state index contributed by atoms with van der Waals surface area (Å²) in [4.78, 5) is 0. The van der Waals surface area contributed by atoms with Crippen molar-refractivity contribution in [2.45, 2.75) is 46.5 Å². The van der Waals surface area contributed by atoms with Gasteiger partial charge in [0, 0.05) is 43.4 Å². The van der Waals surface area contributed by atoms with Gasteiger partial charge in [0.15, 0.2) is 27.8 Å². The number of hydrogen-bond acceptors (Lipinski definition) is 3. The molecule has 0 bridgehead atoms. The Morgan fingerprint density at radius 2 is 1.14 bits per heavy atom. The Hall–Kier alpha value is -5.81. The maximum atomic E-state index is 7.05. The molecule has 10 aromatic rings. The summed E-state index contributed by atoms with van der Waals surface area (Å²) in [6.45, 7) is 11.3. The first kappa shape index (κ1) is 29.1. The zero-order valence-electron chi connectivity index (χ0n) is 29.1. The molecule has 0 N–H and O–H groups in total. The summed E-state index contributed by atoms with van der Waals surface area (Å²) in [5.41, 5.74) is 13.3. The minimum absolute atomic E-state index is 0.153. The number of fused-ring (bicyclic) bond motifs is 11. The highest BCUT2D eigenvalue weighted by molar-refractivity contribution is 6.19. The Morgan fingerprint density at radius 3 is 1.84 bits per heavy atom. The topological polar surface area (TPSA) is 48.2 Å². The minimum atomic E-state index is 0.153. The average Bonchev–Trinajstić information content (AvgIpc) is 3.86. The SMILES string of the molecule is Cc1ccc2c(oc3ccccc32)c1-c1n(-c2c(C(C)C)cc3c(oc4c3ccc3c5ccccc5oc34)c2C(C)C)c2ccccc2[n+]1C. The van der Waals surface area contributed by atoms with E-state index in [0.29, 0.717) is 0 Å². The van der Waals surface area contributed by atoms with Crippen LogP contribution < -0.4 is 4.57 Å². The van der Waals surface area contributed by atoms with E-state index in [1.165, 1.54) is 16.8 Å². The Balaban J connectivity index is 1.39. The van der Waals surface area contributed by atoms with Gasteiger partial charge in [0.1, 0.15) is 28.0 Å². The van der Waals surface area contributed by atoms with Crippen molar-refractivity contribution < 1.29 is 17.8 Å². The van der Waals surface area contributed by atoms with Crippen molar-refractivity contribution >= 4 is 76.8 Å². The zero-order chi connectivity index (χ0) is 34.0. The third kappa shape index (κ3) is 3.80. The predicted octanol–water partition coefficient (Wildman–Crippen LogP) is 12.4. The molecule has 0 radical (unpaired) electrons. The number of imidazole rings is 1. The summed E-state index contributed by atoms with van der Waals surface area (Å²) >= 11 is 0. The van der Waals surface area contributed by atoms with Crippen LogP contribution in [0.25, 0.3) is 93.9 Å². The molecular weight excluding hydrogens is 617 g/mol. The average molecular weight is 654 g/mol. The zero-order valence-corrected chi connectivity index (χ0v) is 29.1. The molecule has 0 aliphatic carbocycles. The second-order valence-corrected chi connectivity index (χ2v) is 14.4. The molecule has 0 aliphatic heterocycles. The first-order chi connectivity index (χ1) is 24.3. The highest BCUT2D eigenvalue weighted by Crippen LogP contribution is 2.47. The van der Waals surface area contributed by atoms with E-state index in [1.807, 2.05) is 18.2 Å². The third-order valence-electron chi connectivity index (χ3n) is 10.7. The summed E-state index contributed by atoms with van der Waals surface area (Å²) in [6, 6.07) is 36.5. The number of rotatable bonds is 4. The first-order valence-electron chi connectivity index (χ1n) is 17.6. The molecule has 0 amide bonds. The number of aryl methyl sites for hydroxylation is 2. The maximum absolute atomic E-state index is 7.05. The lowest BCUT2D eigenvalue weighted by molar-refractivity contribution is -0.633. The van der Waals surface area contributed by atoms with E-state index in [1.54, 1.807) is 0 Å². The molecule has 0 unspecified atom stereocenters. The van der Waals surface area contributed by atoms with Crippen molar-refractivity contribution in [1.82, 2.24) is 4.57 Å². The van der Waals surface area contributed by atoms with Crippen LogP contribution in [0, 0.1) is 6.92 Å². The van der Waals surface area contributed by atoms with Gasteiger partial charge in [0.25, 0.3) is 5.82 Å². The van der Waals surface area contributed by atoms with Crippen molar-refractivity contribution in [2.75, 3.05) is 0 Å². The Kier molecular flexibility index (Phi) is 6.03. The summed E-state index contributed by atoms with van der Waals surface area (Å²) in [5, 5.41) is 6.62. The van der Waals surface area contributed by atoms with E-state index in [4.69, 9.17) is 13.3 Å². The van der Waals surface area contributed by atoms with Gasteiger partial charge in [-0.1, -0.05) is 88.4 Å². The van der Waals surface area contributed by atoms with Gasteiger partial charge in [-0.25, -0.2) is 4.57 Å². The molecule has 244 valence electrons. The van der Waals surface area contributed by atoms with Crippen LogP contribution in [0.3, 0.4) is 0 Å². The molecule has 10 rings (SSSR count). The molecular formula is C45H37N2O3+. The molecule has 0 aliphatic rings. The number of hydrogen-bond donors (Lipinski definition) is 0. The number of furan rings is 3. The van der Waals surface area contributed by atoms with Crippen molar-refractivity contribution in [2.24, 2.45) is 7.05 Å². The van der Waals surface area contributed by atoms with Crippen molar-refractivity contribution in [3.63, 3.8) is 0 Å². The summed E-state index contributed by atoms with van der Waals surface area (Å²) in [6.07, 6.45) is 0. The predicted molar refractivity (Wildman–Crippen MR) is 205 cm³/mol. The fourth-order valence-electron chi connectivity index (χ4n) is 8.40. The van der Waals surface area contributed by atoms with E-state index in [2.05, 4.69) is 136 Å². The van der Waals surface area contributed by atoms with Gasteiger partial charge < -0.3 is 13.3 Å². The highest BCUT2D eigenvalue weighted by Gasteiger charge is 2.35. The molecule has 0 saturated carbocycles. The van der Waals surface area contributed by atoms with E-state index < -0.39 is 0 Å². The van der Waals surface area contributed by atoms with Crippen LogP contribution >= 0.6 is 0 Å². The lowest BCUT2D eigenvalue weighted by Crippen LogP contribution is -2.30. The van der Waals surface area contributed by atoms with Gasteiger partial charge in [0.2, 0.25) is 0 Å². The molecule has 4 heterocycles. The van der Waals surface area contributed by atoms with Gasteiger partial charge in [-0.05, 0) is 66.8 Å². The molecule has 5 nitrogen and oxygen atoms in total. The van der Waals surface area contributed by atoms with E-state index in [-0.39, 0.29) is 11.8 Å². The monoisotopic (exact) mass is 653 g/mol. The van der Waals surface area contributed by atoms with Crippen LogP contribution in [0.4, 0.5) is 0 Å². The lowest BCUT2D eigenvalue weighted by atomic mass is 9.89. The number of para-hydroxylation sites is 4. The third-order valence-corrected chi connectivity index (χ3v) is 10.7. The molecule has 6 aromatic carbocycles. The molecule has 0 saturated heterocycles. The molecule has 4 aromatic heterocycles. The minimum Gasteiger partial charge on any atom is -0.455 e. The van der Waals surface area contributed by atoms with E-state index >= 15 is 0 Å². The largest absolute Gasteiger partial charge is 0.455 e. The molecule has 0 atom stereocenters. The van der Waals surface area contributed by atoms with Crippen LogP contribution in [0.15, 0.2) is 116 Å². The lowest BCUT2D eigenvalue weighted by Gasteiger charge is -2.19. The van der Waals surface area contributed by atoms with Crippen LogP contribution in [0.5, 0.6) is 0 Å². The second kappa shape index (κ2) is 10.3. The van der Waals surface area contributed by atoms with Gasteiger partial charge in [-0.3, -0.25) is 0 Å². The summed E-state index contributed by atoms with van der Waals surface area (Å²) < 4.78 is 25.1. The Labute approximate surface area is 288 Å². The second-order valence-electron chi connectivity index (χ2n) is 14.4. The van der Waals surface area contributed by atoms with E-state index in [0.717, 1.165) is 93.8 Å². The smallest absolute Gasteiger partial charge is 0.299 e. The molecule has 0 fully saturated rings. The van der Waals surface area contributed by atoms with Crippen molar-refractivity contribution in [1.29, 1.82) is 0 Å². The number of aromatic nitrogens is 2. The number of benzene rings is 6. The van der Waals surface area contributed by atoms with Crippen molar-refractivity contribution in [3.05, 3.63) is 120 Å². The Morgan fingerprint density at radius 1 is 0.560 bits per heavy atom. The van der Waals surface area contributed by atoms with Gasteiger partial charge >= 0.3 is 0 Å². The normalized spacial score (nSPS) is 12.6. The van der Waals surface area contributed by atoms with Gasteiger partial charge in [-0.15, -0.1) is 0 Å². The van der Waals surface area contributed by atoms with Crippen molar-refractivity contribution in [3.8, 4) is 17.1 Å². The first-order valence-corrected chi connectivity index (χ1v) is 17.6. The quantitative estimate of drug-likeness (QED) is 0.178. The summed E-state index contributed by atoms with van der Waals surface area (Å²) in [5.74, 6) is 1.46. The molecule has 50 heavy (non-hydrogen) atoms.